The van der Waals surface area contributed by atoms with E-state index in [2.05, 4.69) is 5.32 Å². The van der Waals surface area contributed by atoms with Crippen LogP contribution in [-0.4, -0.2) is 44.9 Å². The van der Waals surface area contributed by atoms with Gasteiger partial charge in [-0.25, -0.2) is 12.8 Å². The molecule has 0 radical (unpaired) electrons. The zero-order chi connectivity index (χ0) is 19.7. The number of nitrogens with zero attached hydrogens (tertiary/aromatic N) is 1. The third-order valence-electron chi connectivity index (χ3n) is 5.22. The number of halogens is 1. The van der Waals surface area contributed by atoms with Crippen LogP contribution >= 0.6 is 0 Å². The summed E-state index contributed by atoms with van der Waals surface area (Å²) in [7, 11) is -4.03. The minimum Gasteiger partial charge on any atom is -0.379 e. The first-order valence-corrected chi connectivity index (χ1v) is 10.7. The van der Waals surface area contributed by atoms with Gasteiger partial charge in [0.25, 0.3) is 5.91 Å². The second kappa shape index (κ2) is 7.62. The Morgan fingerprint density at radius 1 is 1.14 bits per heavy atom. The molecule has 1 heterocycles. The van der Waals surface area contributed by atoms with Crippen molar-refractivity contribution in [3.05, 3.63) is 65.0 Å². The number of rotatable bonds is 4. The Hall–Kier alpha value is -2.29. The van der Waals surface area contributed by atoms with E-state index in [0.717, 1.165) is 30.5 Å². The van der Waals surface area contributed by atoms with E-state index >= 15 is 0 Å². The average molecular weight is 404 g/mol. The molecule has 1 atom stereocenters. The standard InChI is InChI=1S/C20H21FN2O4S/c21-17-7-5-15(13-19(17)28(25,26)23-9-11-27-12-10-23)20(24)22-18-8-6-14-3-1-2-4-16(14)18/h1-5,7,13,18H,6,8-12H2,(H,22,24). The lowest BCUT2D eigenvalue weighted by Crippen LogP contribution is -2.41. The highest BCUT2D eigenvalue weighted by molar-refractivity contribution is 7.89. The van der Waals surface area contributed by atoms with Crippen LogP contribution in [0.1, 0.15) is 33.9 Å². The zero-order valence-corrected chi connectivity index (χ0v) is 16.0. The number of fused-ring (bicyclic) bond motifs is 1. The van der Waals surface area contributed by atoms with Gasteiger partial charge in [0.1, 0.15) is 10.7 Å². The van der Waals surface area contributed by atoms with Crippen molar-refractivity contribution in [1.29, 1.82) is 0 Å². The van der Waals surface area contributed by atoms with E-state index in [1.165, 1.54) is 15.9 Å². The highest BCUT2D eigenvalue weighted by Crippen LogP contribution is 2.31. The number of hydrogen-bond acceptors (Lipinski definition) is 4. The Kier molecular flexibility index (Phi) is 5.18. The molecule has 1 saturated heterocycles. The normalized spacial score (nSPS) is 20.0. The highest BCUT2D eigenvalue weighted by atomic mass is 32.2. The maximum atomic E-state index is 14.3. The van der Waals surface area contributed by atoms with Gasteiger partial charge in [0, 0.05) is 18.7 Å². The summed E-state index contributed by atoms with van der Waals surface area (Å²) in [5.74, 6) is -1.28. The number of morpholine rings is 1. The van der Waals surface area contributed by atoms with Crippen molar-refractivity contribution in [1.82, 2.24) is 9.62 Å². The molecule has 1 aliphatic heterocycles. The van der Waals surface area contributed by atoms with Crippen molar-refractivity contribution in [3.8, 4) is 0 Å². The Balaban J connectivity index is 1.58. The highest BCUT2D eigenvalue weighted by Gasteiger charge is 2.30. The van der Waals surface area contributed by atoms with Gasteiger partial charge in [-0.1, -0.05) is 24.3 Å². The van der Waals surface area contributed by atoms with Crippen LogP contribution in [0.3, 0.4) is 0 Å². The lowest BCUT2D eigenvalue weighted by Gasteiger charge is -2.26. The molecule has 4 rings (SSSR count). The van der Waals surface area contributed by atoms with Gasteiger partial charge in [0.05, 0.1) is 19.3 Å². The van der Waals surface area contributed by atoms with E-state index in [1.54, 1.807) is 0 Å². The number of nitrogens with one attached hydrogen (secondary N) is 1. The maximum absolute atomic E-state index is 14.3. The number of ether oxygens (including phenoxy) is 1. The fourth-order valence-corrected chi connectivity index (χ4v) is 5.22. The predicted molar refractivity (Wildman–Crippen MR) is 101 cm³/mol. The molecular weight excluding hydrogens is 383 g/mol. The molecule has 1 amide bonds. The lowest BCUT2D eigenvalue weighted by atomic mass is 10.1. The van der Waals surface area contributed by atoms with E-state index in [4.69, 9.17) is 4.74 Å². The van der Waals surface area contributed by atoms with Crippen LogP contribution in [0.15, 0.2) is 47.4 Å². The number of hydrogen-bond donors (Lipinski definition) is 1. The van der Waals surface area contributed by atoms with E-state index in [1.807, 2.05) is 24.3 Å². The van der Waals surface area contributed by atoms with Gasteiger partial charge >= 0.3 is 0 Å². The van der Waals surface area contributed by atoms with Gasteiger partial charge in [-0.15, -0.1) is 0 Å². The quantitative estimate of drug-likeness (QED) is 0.848. The molecule has 6 nitrogen and oxygen atoms in total. The van der Waals surface area contributed by atoms with E-state index < -0.39 is 26.6 Å². The molecule has 2 aromatic rings. The predicted octanol–water partition coefficient (Wildman–Crippen LogP) is 2.26. The van der Waals surface area contributed by atoms with Crippen molar-refractivity contribution >= 4 is 15.9 Å². The van der Waals surface area contributed by atoms with Crippen LogP contribution in [-0.2, 0) is 21.2 Å². The molecule has 1 N–H and O–H groups in total. The minimum atomic E-state index is -4.03. The summed E-state index contributed by atoms with van der Waals surface area (Å²) in [4.78, 5) is 12.2. The van der Waals surface area contributed by atoms with Gasteiger partial charge in [0.2, 0.25) is 10.0 Å². The fourth-order valence-electron chi connectivity index (χ4n) is 3.72. The first-order chi connectivity index (χ1) is 13.5. The topological polar surface area (TPSA) is 75.7 Å². The summed E-state index contributed by atoms with van der Waals surface area (Å²) in [5, 5.41) is 2.94. The number of aryl methyl sites for hydroxylation is 1. The number of amides is 1. The van der Waals surface area contributed by atoms with Gasteiger partial charge in [-0.2, -0.15) is 4.31 Å². The summed E-state index contributed by atoms with van der Waals surface area (Å²) >= 11 is 0. The van der Waals surface area contributed by atoms with E-state index in [9.17, 15) is 17.6 Å². The van der Waals surface area contributed by atoms with Gasteiger partial charge in [-0.05, 0) is 42.2 Å². The number of carbonyl (C=O) groups is 1. The molecule has 1 aliphatic carbocycles. The second-order valence-corrected chi connectivity index (χ2v) is 8.83. The van der Waals surface area contributed by atoms with Crippen LogP contribution in [0.4, 0.5) is 4.39 Å². The first kappa shape index (κ1) is 19.0. The van der Waals surface area contributed by atoms with Crippen LogP contribution in [0.5, 0.6) is 0 Å². The summed E-state index contributed by atoms with van der Waals surface area (Å²) in [5.41, 5.74) is 2.39. The van der Waals surface area contributed by atoms with Crippen LogP contribution in [0, 0.1) is 5.82 Å². The summed E-state index contributed by atoms with van der Waals surface area (Å²) < 4.78 is 46.2. The molecule has 0 spiro atoms. The van der Waals surface area contributed by atoms with Crippen molar-refractivity contribution in [2.75, 3.05) is 26.3 Å². The molecule has 0 saturated carbocycles. The Bertz CT molecular complexity index is 1000. The molecule has 28 heavy (non-hydrogen) atoms. The van der Waals surface area contributed by atoms with Crippen molar-refractivity contribution in [2.45, 2.75) is 23.8 Å². The SMILES string of the molecule is O=C(NC1CCc2ccccc21)c1ccc(F)c(S(=O)(=O)N2CCOCC2)c1. The van der Waals surface area contributed by atoms with Crippen molar-refractivity contribution in [3.63, 3.8) is 0 Å². The Morgan fingerprint density at radius 2 is 1.89 bits per heavy atom. The molecule has 148 valence electrons. The fraction of sp³-hybridized carbons (Fsp3) is 0.350. The summed E-state index contributed by atoms with van der Waals surface area (Å²) in [6.07, 6.45) is 1.66. The molecule has 0 aromatic heterocycles. The third kappa shape index (κ3) is 3.55. The lowest BCUT2D eigenvalue weighted by molar-refractivity contribution is 0.0729. The van der Waals surface area contributed by atoms with Crippen LogP contribution < -0.4 is 5.32 Å². The van der Waals surface area contributed by atoms with E-state index in [0.29, 0.717) is 0 Å². The Labute approximate surface area is 163 Å². The van der Waals surface area contributed by atoms with Gasteiger partial charge in [0.15, 0.2) is 0 Å². The monoisotopic (exact) mass is 404 g/mol. The number of sulfonamides is 1. The maximum Gasteiger partial charge on any atom is 0.251 e. The van der Waals surface area contributed by atoms with E-state index in [-0.39, 0.29) is 37.9 Å². The second-order valence-electron chi connectivity index (χ2n) is 6.93. The van der Waals surface area contributed by atoms with Crippen molar-refractivity contribution < 1.29 is 22.3 Å². The van der Waals surface area contributed by atoms with Crippen LogP contribution in [0.25, 0.3) is 0 Å². The molecular formula is C20H21FN2O4S. The zero-order valence-electron chi connectivity index (χ0n) is 15.2. The van der Waals surface area contributed by atoms with Gasteiger partial charge < -0.3 is 10.1 Å². The van der Waals surface area contributed by atoms with Gasteiger partial charge in [-0.3, -0.25) is 4.79 Å². The minimum absolute atomic E-state index is 0.123. The number of carbonyl (C=O) groups excluding carboxylic acids is 1. The number of benzene rings is 2. The largest absolute Gasteiger partial charge is 0.379 e. The molecule has 1 unspecified atom stereocenters. The van der Waals surface area contributed by atoms with Crippen molar-refractivity contribution in [2.24, 2.45) is 0 Å². The molecule has 0 bridgehead atoms. The first-order valence-electron chi connectivity index (χ1n) is 9.23. The molecule has 2 aromatic carbocycles. The molecule has 8 heteroatoms. The summed E-state index contributed by atoms with van der Waals surface area (Å²) in [6, 6.07) is 11.2. The smallest absolute Gasteiger partial charge is 0.251 e. The molecule has 1 fully saturated rings. The third-order valence-corrected chi connectivity index (χ3v) is 7.13. The Morgan fingerprint density at radius 3 is 2.68 bits per heavy atom. The average Bonchev–Trinajstić information content (AvgIpc) is 3.12. The molecule has 2 aliphatic rings. The summed E-state index contributed by atoms with van der Waals surface area (Å²) in [6.45, 7) is 0.859. The van der Waals surface area contributed by atoms with Crippen LogP contribution in [0.2, 0.25) is 0 Å².